The van der Waals surface area contributed by atoms with Crippen molar-refractivity contribution in [1.82, 2.24) is 0 Å². The minimum atomic E-state index is -0.156. The molecule has 0 unspecified atom stereocenters. The number of hydrogen-bond donors (Lipinski definition) is 0. The van der Waals surface area contributed by atoms with E-state index in [4.69, 9.17) is 4.43 Å². The molecule has 0 aliphatic rings. The van der Waals surface area contributed by atoms with Gasteiger partial charge < -0.3 is 4.43 Å². The second-order valence-electron chi connectivity index (χ2n) is 4.28. The minimum absolute atomic E-state index is 0.156. The van der Waals surface area contributed by atoms with Crippen molar-refractivity contribution in [3.63, 3.8) is 0 Å². The van der Waals surface area contributed by atoms with E-state index >= 15 is 0 Å². The standard InChI is InChI=1S/C13H16OSi/c1-13(2,14-15)12-8-7-10-5-3-4-6-11(10)9-12/h3-9H,1-2,15H3. The van der Waals surface area contributed by atoms with Crippen LogP contribution in [0.25, 0.3) is 10.8 Å². The topological polar surface area (TPSA) is 9.23 Å². The molecule has 0 N–H and O–H groups in total. The Morgan fingerprint density at radius 3 is 2.33 bits per heavy atom. The summed E-state index contributed by atoms with van der Waals surface area (Å²) in [5.74, 6) is 0. The number of rotatable bonds is 2. The van der Waals surface area contributed by atoms with Gasteiger partial charge in [-0.05, 0) is 36.2 Å². The molecule has 2 heteroatoms. The summed E-state index contributed by atoms with van der Waals surface area (Å²) in [6, 6.07) is 14.9. The molecule has 0 saturated heterocycles. The third-order valence-corrected chi connectivity index (χ3v) is 3.98. The predicted octanol–water partition coefficient (Wildman–Crippen LogP) is 2.37. The van der Waals surface area contributed by atoms with E-state index in [1.165, 1.54) is 16.3 Å². The van der Waals surface area contributed by atoms with Crippen molar-refractivity contribution in [2.24, 2.45) is 0 Å². The summed E-state index contributed by atoms with van der Waals surface area (Å²) in [6.45, 7) is 4.23. The van der Waals surface area contributed by atoms with Crippen LogP contribution >= 0.6 is 0 Å². The lowest BCUT2D eigenvalue weighted by molar-refractivity contribution is 0.124. The van der Waals surface area contributed by atoms with Crippen LogP contribution in [0.2, 0.25) is 0 Å². The molecule has 0 heterocycles. The molecule has 0 amide bonds. The quantitative estimate of drug-likeness (QED) is 0.700. The highest BCUT2D eigenvalue weighted by molar-refractivity contribution is 5.98. The summed E-state index contributed by atoms with van der Waals surface area (Å²) in [7, 11) is 0.763. The summed E-state index contributed by atoms with van der Waals surface area (Å²) in [5.41, 5.74) is 1.09. The Bertz CT molecular complexity index is 477. The molecule has 0 aromatic heterocycles. The summed E-state index contributed by atoms with van der Waals surface area (Å²) < 4.78 is 5.61. The normalized spacial score (nSPS) is 12.1. The maximum absolute atomic E-state index is 5.61. The van der Waals surface area contributed by atoms with Crippen LogP contribution in [0.15, 0.2) is 42.5 Å². The first-order valence-electron chi connectivity index (χ1n) is 5.18. The largest absolute Gasteiger partial charge is 0.419 e. The van der Waals surface area contributed by atoms with Crippen molar-refractivity contribution >= 4 is 21.3 Å². The molecular weight excluding hydrogens is 200 g/mol. The van der Waals surface area contributed by atoms with Gasteiger partial charge in [-0.25, -0.2) is 0 Å². The fourth-order valence-corrected chi connectivity index (χ4v) is 1.92. The van der Waals surface area contributed by atoms with Crippen molar-refractivity contribution < 1.29 is 4.43 Å². The highest BCUT2D eigenvalue weighted by atomic mass is 28.2. The highest BCUT2D eigenvalue weighted by Crippen LogP contribution is 2.26. The molecule has 2 aromatic carbocycles. The number of hydrogen-bond acceptors (Lipinski definition) is 1. The lowest BCUT2D eigenvalue weighted by Crippen LogP contribution is -2.19. The SMILES string of the molecule is CC(C)(O[SiH3])c1ccc2ccccc2c1. The van der Waals surface area contributed by atoms with Gasteiger partial charge in [0, 0.05) is 0 Å². The lowest BCUT2D eigenvalue weighted by atomic mass is 9.96. The number of fused-ring (bicyclic) bond motifs is 1. The van der Waals surface area contributed by atoms with E-state index in [0.29, 0.717) is 0 Å². The highest BCUT2D eigenvalue weighted by Gasteiger charge is 2.18. The third kappa shape index (κ3) is 1.96. The smallest absolute Gasteiger partial charge is 0.147 e. The van der Waals surface area contributed by atoms with Gasteiger partial charge in [-0.3, -0.25) is 0 Å². The van der Waals surface area contributed by atoms with E-state index in [1.807, 2.05) is 0 Å². The molecule has 2 rings (SSSR count). The molecule has 1 nitrogen and oxygen atoms in total. The molecule has 0 bridgehead atoms. The number of benzene rings is 2. The van der Waals surface area contributed by atoms with Crippen LogP contribution < -0.4 is 0 Å². The molecule has 0 aliphatic heterocycles. The Morgan fingerprint density at radius 1 is 1.00 bits per heavy atom. The van der Waals surface area contributed by atoms with Crippen LogP contribution in [0.3, 0.4) is 0 Å². The Morgan fingerprint density at radius 2 is 1.67 bits per heavy atom. The monoisotopic (exact) mass is 216 g/mol. The van der Waals surface area contributed by atoms with Gasteiger partial charge in [-0.1, -0.05) is 36.4 Å². The molecule has 2 aromatic rings. The van der Waals surface area contributed by atoms with Crippen LogP contribution in [-0.2, 0) is 10.0 Å². The average molecular weight is 216 g/mol. The Labute approximate surface area is 93.6 Å². The molecule has 0 atom stereocenters. The van der Waals surface area contributed by atoms with Gasteiger partial charge in [0.15, 0.2) is 0 Å². The van der Waals surface area contributed by atoms with Gasteiger partial charge in [0.05, 0.1) is 5.60 Å². The summed E-state index contributed by atoms with van der Waals surface area (Å²) in [6.07, 6.45) is 0. The third-order valence-electron chi connectivity index (χ3n) is 2.95. The van der Waals surface area contributed by atoms with Crippen molar-refractivity contribution in [3.05, 3.63) is 48.0 Å². The van der Waals surface area contributed by atoms with Gasteiger partial charge >= 0.3 is 0 Å². The van der Waals surface area contributed by atoms with E-state index in [0.717, 1.165) is 10.5 Å². The Balaban J connectivity index is 2.56. The maximum atomic E-state index is 5.61. The van der Waals surface area contributed by atoms with Crippen LogP contribution in [0, 0.1) is 0 Å². The maximum Gasteiger partial charge on any atom is 0.147 e. The van der Waals surface area contributed by atoms with E-state index in [1.54, 1.807) is 0 Å². The van der Waals surface area contributed by atoms with Crippen molar-refractivity contribution in [2.45, 2.75) is 19.4 Å². The van der Waals surface area contributed by atoms with E-state index in [9.17, 15) is 0 Å². The fraction of sp³-hybridized carbons (Fsp3) is 0.231. The zero-order chi connectivity index (χ0) is 10.9. The summed E-state index contributed by atoms with van der Waals surface area (Å²) in [4.78, 5) is 0. The first-order chi connectivity index (χ1) is 7.13. The van der Waals surface area contributed by atoms with Crippen molar-refractivity contribution in [2.75, 3.05) is 0 Å². The molecule has 0 radical (unpaired) electrons. The molecular formula is C13H16OSi. The first kappa shape index (κ1) is 10.4. The molecule has 0 saturated carbocycles. The minimum Gasteiger partial charge on any atom is -0.419 e. The summed E-state index contributed by atoms with van der Waals surface area (Å²) in [5, 5.41) is 2.56. The Hall–Kier alpha value is -1.12. The van der Waals surface area contributed by atoms with E-state index in [-0.39, 0.29) is 5.60 Å². The van der Waals surface area contributed by atoms with Crippen LogP contribution in [0.4, 0.5) is 0 Å². The second-order valence-corrected chi connectivity index (χ2v) is 4.68. The molecule has 78 valence electrons. The second kappa shape index (κ2) is 3.80. The fourth-order valence-electron chi connectivity index (χ4n) is 1.68. The van der Waals surface area contributed by atoms with Gasteiger partial charge in [0.1, 0.15) is 10.5 Å². The average Bonchev–Trinajstić information content (AvgIpc) is 2.28. The molecule has 15 heavy (non-hydrogen) atoms. The van der Waals surface area contributed by atoms with Crippen LogP contribution in [0.1, 0.15) is 19.4 Å². The van der Waals surface area contributed by atoms with Crippen LogP contribution in [0.5, 0.6) is 0 Å². The van der Waals surface area contributed by atoms with Gasteiger partial charge in [0.25, 0.3) is 0 Å². The van der Waals surface area contributed by atoms with Gasteiger partial charge in [-0.15, -0.1) is 0 Å². The van der Waals surface area contributed by atoms with E-state index in [2.05, 4.69) is 56.3 Å². The van der Waals surface area contributed by atoms with Gasteiger partial charge in [0.2, 0.25) is 0 Å². The van der Waals surface area contributed by atoms with Crippen LogP contribution in [-0.4, -0.2) is 10.5 Å². The lowest BCUT2D eigenvalue weighted by Gasteiger charge is -2.24. The summed E-state index contributed by atoms with van der Waals surface area (Å²) >= 11 is 0. The van der Waals surface area contributed by atoms with Crippen molar-refractivity contribution in [1.29, 1.82) is 0 Å². The Kier molecular flexibility index (Phi) is 2.63. The predicted molar refractivity (Wildman–Crippen MR) is 68.0 cm³/mol. The first-order valence-corrected chi connectivity index (χ1v) is 5.99. The molecule has 0 spiro atoms. The molecule has 0 aliphatic carbocycles. The molecule has 0 fully saturated rings. The zero-order valence-corrected chi connectivity index (χ0v) is 11.4. The van der Waals surface area contributed by atoms with Gasteiger partial charge in [-0.2, -0.15) is 0 Å². The zero-order valence-electron chi connectivity index (χ0n) is 9.45. The van der Waals surface area contributed by atoms with E-state index < -0.39 is 0 Å². The van der Waals surface area contributed by atoms with Crippen molar-refractivity contribution in [3.8, 4) is 0 Å².